The van der Waals surface area contributed by atoms with Crippen molar-refractivity contribution in [1.29, 1.82) is 0 Å². The summed E-state index contributed by atoms with van der Waals surface area (Å²) in [6.45, 7) is 0. The van der Waals surface area contributed by atoms with Crippen molar-refractivity contribution < 1.29 is 8.83 Å². The topological polar surface area (TPSA) is 34.5 Å². The normalized spacial score (nSPS) is 12.8. The summed E-state index contributed by atoms with van der Waals surface area (Å²) < 4.78 is 15.8. The van der Waals surface area contributed by atoms with Gasteiger partial charge in [0.15, 0.2) is 5.58 Å². The van der Waals surface area contributed by atoms with Crippen molar-refractivity contribution in [3.05, 3.63) is 187 Å². The van der Waals surface area contributed by atoms with Crippen LogP contribution in [0, 0.1) is 0 Å². The molecular formula is C52H34N2O2. The van der Waals surface area contributed by atoms with E-state index in [4.69, 9.17) is 8.83 Å². The van der Waals surface area contributed by atoms with Gasteiger partial charge < -0.3 is 18.3 Å². The van der Waals surface area contributed by atoms with Crippen LogP contribution in [0.3, 0.4) is 0 Å². The average Bonchev–Trinajstić information content (AvgIpc) is 3.94. The number of hydrogen-bond donors (Lipinski definition) is 0. The maximum absolute atomic E-state index is 6.72. The first kappa shape index (κ1) is 31.1. The van der Waals surface area contributed by atoms with E-state index in [0.29, 0.717) is 0 Å². The number of benzene rings is 8. The lowest BCUT2D eigenvalue weighted by molar-refractivity contribution is 0.669. The van der Waals surface area contributed by atoms with Crippen LogP contribution in [0.2, 0.25) is 0 Å². The molecule has 0 spiro atoms. The van der Waals surface area contributed by atoms with Crippen molar-refractivity contribution in [2.75, 3.05) is 4.90 Å². The summed E-state index contributed by atoms with van der Waals surface area (Å²) in [6.07, 6.45) is 6.63. The standard InChI is InChI=1S/C52H34N2O2/c1-2-18-39-33(13-1)29-30-44-50-38(22-12-28-49(50)56-51(39)44)34-14-9-15-35(31-34)53(47-26-11-23-43-42-21-5-8-27-48(42)55-52(43)47)36-16-10-17-37(32-36)54-45-24-6-3-19-40(45)41-20-4-7-25-46(41)54/h1-6,8-24,26-32H,7,25H2. The molecule has 4 heteroatoms. The number of nitrogens with zero attached hydrogens (tertiary/aromatic N) is 2. The molecule has 264 valence electrons. The molecule has 1 aliphatic rings. The molecule has 0 radical (unpaired) electrons. The molecule has 0 atom stereocenters. The van der Waals surface area contributed by atoms with E-state index in [1.807, 2.05) is 6.07 Å². The van der Waals surface area contributed by atoms with Crippen LogP contribution < -0.4 is 4.90 Å². The summed E-state index contributed by atoms with van der Waals surface area (Å²) in [5.41, 5.74) is 13.9. The molecule has 0 saturated carbocycles. The average molecular weight is 719 g/mol. The SMILES string of the molecule is C1=Cc2c(n(-c3cccc(N(c4cccc(-c5cccc6oc7c8ccccc8ccc7c56)c4)c4cccc5c4oc4ccccc45)c3)c3ccccc23)CC1. The Morgan fingerprint density at radius 1 is 0.518 bits per heavy atom. The van der Waals surface area contributed by atoms with E-state index in [9.17, 15) is 0 Å². The molecule has 0 fully saturated rings. The number of allylic oxidation sites excluding steroid dienone is 1. The molecular weight excluding hydrogens is 685 g/mol. The minimum Gasteiger partial charge on any atom is -0.455 e. The highest BCUT2D eigenvalue weighted by Gasteiger charge is 2.23. The van der Waals surface area contributed by atoms with Crippen LogP contribution in [-0.4, -0.2) is 4.57 Å². The van der Waals surface area contributed by atoms with Crippen LogP contribution in [0.15, 0.2) is 185 Å². The van der Waals surface area contributed by atoms with Crippen molar-refractivity contribution in [3.63, 3.8) is 0 Å². The lowest BCUT2D eigenvalue weighted by Crippen LogP contribution is -2.11. The Morgan fingerprint density at radius 2 is 1.25 bits per heavy atom. The molecule has 0 N–H and O–H groups in total. The van der Waals surface area contributed by atoms with Gasteiger partial charge in [0.05, 0.1) is 11.2 Å². The molecule has 0 aliphatic heterocycles. The summed E-state index contributed by atoms with van der Waals surface area (Å²) in [4.78, 5) is 2.36. The Hall–Kier alpha value is -7.30. The van der Waals surface area contributed by atoms with Gasteiger partial charge in [0, 0.05) is 60.6 Å². The summed E-state index contributed by atoms with van der Waals surface area (Å²) in [5, 5.41) is 8.02. The van der Waals surface area contributed by atoms with E-state index in [2.05, 4.69) is 185 Å². The molecule has 3 heterocycles. The Labute approximate surface area is 322 Å². The largest absolute Gasteiger partial charge is 0.455 e. The zero-order valence-electron chi connectivity index (χ0n) is 30.4. The third kappa shape index (κ3) is 4.59. The number of rotatable bonds is 5. The number of para-hydroxylation sites is 3. The fraction of sp³-hybridized carbons (Fsp3) is 0.0385. The summed E-state index contributed by atoms with van der Waals surface area (Å²) in [6, 6.07) is 60.7. The number of furan rings is 2. The summed E-state index contributed by atoms with van der Waals surface area (Å²) in [7, 11) is 0. The van der Waals surface area contributed by atoms with Gasteiger partial charge in [-0.3, -0.25) is 0 Å². The zero-order chi connectivity index (χ0) is 36.7. The molecule has 1 aliphatic carbocycles. The monoisotopic (exact) mass is 718 g/mol. The van der Waals surface area contributed by atoms with Crippen LogP contribution in [0.4, 0.5) is 17.1 Å². The van der Waals surface area contributed by atoms with Crippen molar-refractivity contribution in [2.45, 2.75) is 12.8 Å². The molecule has 11 aromatic rings. The second-order valence-electron chi connectivity index (χ2n) is 14.8. The van der Waals surface area contributed by atoms with Crippen LogP contribution in [0.25, 0.3) is 88.4 Å². The van der Waals surface area contributed by atoms with Gasteiger partial charge in [-0.25, -0.2) is 0 Å². The van der Waals surface area contributed by atoms with E-state index in [1.165, 1.54) is 27.5 Å². The van der Waals surface area contributed by atoms with E-state index in [0.717, 1.165) is 96.0 Å². The molecule has 0 bridgehead atoms. The first-order valence-corrected chi connectivity index (χ1v) is 19.3. The number of hydrogen-bond acceptors (Lipinski definition) is 3. The van der Waals surface area contributed by atoms with Gasteiger partial charge in [-0.15, -0.1) is 0 Å². The van der Waals surface area contributed by atoms with Crippen LogP contribution in [0.5, 0.6) is 0 Å². The molecule has 0 saturated heterocycles. The molecule has 12 rings (SSSR count). The number of anilines is 3. The van der Waals surface area contributed by atoms with Crippen LogP contribution in [0.1, 0.15) is 17.7 Å². The summed E-state index contributed by atoms with van der Waals surface area (Å²) in [5.74, 6) is 0. The van der Waals surface area contributed by atoms with Crippen LogP contribution >= 0.6 is 0 Å². The van der Waals surface area contributed by atoms with Crippen molar-refractivity contribution >= 4 is 88.7 Å². The van der Waals surface area contributed by atoms with Gasteiger partial charge in [0.1, 0.15) is 16.7 Å². The second-order valence-corrected chi connectivity index (χ2v) is 14.8. The Balaban J connectivity index is 1.09. The summed E-state index contributed by atoms with van der Waals surface area (Å²) >= 11 is 0. The third-order valence-electron chi connectivity index (χ3n) is 11.6. The maximum Gasteiger partial charge on any atom is 0.159 e. The van der Waals surface area contributed by atoms with Gasteiger partial charge in [-0.1, -0.05) is 121 Å². The zero-order valence-corrected chi connectivity index (χ0v) is 30.4. The molecule has 56 heavy (non-hydrogen) atoms. The fourth-order valence-corrected chi connectivity index (χ4v) is 9.18. The van der Waals surface area contributed by atoms with Gasteiger partial charge >= 0.3 is 0 Å². The lowest BCUT2D eigenvalue weighted by atomic mass is 9.97. The number of aromatic nitrogens is 1. The van der Waals surface area contributed by atoms with Gasteiger partial charge in [0.2, 0.25) is 0 Å². The van der Waals surface area contributed by atoms with Crippen molar-refractivity contribution in [3.8, 4) is 16.8 Å². The van der Waals surface area contributed by atoms with Crippen molar-refractivity contribution in [1.82, 2.24) is 4.57 Å². The van der Waals surface area contributed by atoms with Gasteiger partial charge in [-0.05, 0) is 90.0 Å². The predicted octanol–water partition coefficient (Wildman–Crippen LogP) is 14.7. The minimum absolute atomic E-state index is 0.855. The van der Waals surface area contributed by atoms with Gasteiger partial charge in [-0.2, -0.15) is 0 Å². The maximum atomic E-state index is 6.72. The second kappa shape index (κ2) is 12.1. The molecule has 4 nitrogen and oxygen atoms in total. The van der Waals surface area contributed by atoms with E-state index >= 15 is 0 Å². The first-order valence-electron chi connectivity index (χ1n) is 19.3. The lowest BCUT2D eigenvalue weighted by Gasteiger charge is -2.27. The molecule has 0 unspecified atom stereocenters. The molecule has 8 aromatic carbocycles. The van der Waals surface area contributed by atoms with E-state index in [-0.39, 0.29) is 0 Å². The minimum atomic E-state index is 0.855. The Morgan fingerprint density at radius 3 is 2.20 bits per heavy atom. The molecule has 3 aromatic heterocycles. The third-order valence-corrected chi connectivity index (χ3v) is 11.6. The van der Waals surface area contributed by atoms with Gasteiger partial charge in [0.25, 0.3) is 0 Å². The highest BCUT2D eigenvalue weighted by Crippen LogP contribution is 2.45. The highest BCUT2D eigenvalue weighted by atomic mass is 16.3. The smallest absolute Gasteiger partial charge is 0.159 e. The number of fused-ring (bicyclic) bond motifs is 11. The van der Waals surface area contributed by atoms with Crippen molar-refractivity contribution in [2.24, 2.45) is 0 Å². The Bertz CT molecular complexity index is 3390. The van der Waals surface area contributed by atoms with E-state index < -0.39 is 0 Å². The quantitative estimate of drug-likeness (QED) is 0.178. The first-order chi connectivity index (χ1) is 27.8. The highest BCUT2D eigenvalue weighted by molar-refractivity contribution is 6.19. The fourth-order valence-electron chi connectivity index (χ4n) is 9.18. The van der Waals surface area contributed by atoms with Crippen LogP contribution in [-0.2, 0) is 6.42 Å². The predicted molar refractivity (Wildman–Crippen MR) is 233 cm³/mol. The van der Waals surface area contributed by atoms with E-state index in [1.54, 1.807) is 0 Å². The Kier molecular flexibility index (Phi) is 6.72. The molecule has 0 amide bonds.